The number of nitriles is 1. The van der Waals surface area contributed by atoms with E-state index < -0.39 is 0 Å². The fourth-order valence-electron chi connectivity index (χ4n) is 2.47. The fourth-order valence-corrected chi connectivity index (χ4v) is 2.61. The molecular weight excluding hydrogens is 272 g/mol. The summed E-state index contributed by atoms with van der Waals surface area (Å²) in [6, 6.07) is 2.98. The van der Waals surface area contributed by atoms with Crippen molar-refractivity contribution in [1.29, 1.82) is 5.26 Å². The number of nitrogens with one attached hydrogen (secondary N) is 1. The van der Waals surface area contributed by atoms with Crippen molar-refractivity contribution in [2.24, 2.45) is 0 Å². The Hall–Kier alpha value is -1.05. The van der Waals surface area contributed by atoms with Crippen LogP contribution in [0.15, 0.2) is 0 Å². The van der Waals surface area contributed by atoms with Crippen molar-refractivity contribution in [3.05, 3.63) is 16.4 Å². The lowest BCUT2D eigenvalue weighted by atomic mass is 9.96. The number of aromatic nitrogens is 2. The first-order valence-electron chi connectivity index (χ1n) is 7.33. The first-order valence-corrected chi connectivity index (χ1v) is 7.71. The van der Waals surface area contributed by atoms with Crippen molar-refractivity contribution < 1.29 is 0 Å². The Kier molecular flexibility index (Phi) is 4.72. The molecule has 1 aliphatic rings. The number of nitrogens with zero attached hydrogens (tertiary/aromatic N) is 3. The standard InChI is InChI=1S/C15H23ClN4/c1-11-14(16)12(2)20(19-11)9-5-4-8-15(3,10-17)18-13-6-7-13/h13,18H,4-9H2,1-3H3. The Labute approximate surface area is 126 Å². The van der Waals surface area contributed by atoms with Gasteiger partial charge in [-0.3, -0.25) is 10.00 Å². The zero-order chi connectivity index (χ0) is 14.8. The van der Waals surface area contributed by atoms with Gasteiger partial charge in [0.05, 0.1) is 22.5 Å². The number of unbranched alkanes of at least 4 members (excludes halogenated alkanes) is 1. The van der Waals surface area contributed by atoms with E-state index in [-0.39, 0.29) is 5.54 Å². The molecule has 0 radical (unpaired) electrons. The summed E-state index contributed by atoms with van der Waals surface area (Å²) in [6.07, 6.45) is 5.33. The highest BCUT2D eigenvalue weighted by atomic mass is 35.5. The summed E-state index contributed by atoms with van der Waals surface area (Å²) in [7, 11) is 0. The quantitative estimate of drug-likeness (QED) is 0.785. The molecule has 1 unspecified atom stereocenters. The molecule has 1 heterocycles. The lowest BCUT2D eigenvalue weighted by Gasteiger charge is -2.23. The molecule has 0 bridgehead atoms. The predicted molar refractivity (Wildman–Crippen MR) is 80.7 cm³/mol. The average Bonchev–Trinajstić information content (AvgIpc) is 3.19. The Morgan fingerprint density at radius 2 is 2.15 bits per heavy atom. The third-order valence-corrected chi connectivity index (χ3v) is 4.48. The zero-order valence-corrected chi connectivity index (χ0v) is 13.3. The van der Waals surface area contributed by atoms with E-state index in [1.54, 1.807) is 0 Å². The van der Waals surface area contributed by atoms with Gasteiger partial charge in [-0.1, -0.05) is 11.6 Å². The minimum Gasteiger partial charge on any atom is -0.297 e. The molecule has 1 N–H and O–H groups in total. The second-order valence-electron chi connectivity index (χ2n) is 6.03. The van der Waals surface area contributed by atoms with E-state index in [1.165, 1.54) is 12.8 Å². The molecule has 4 nitrogen and oxygen atoms in total. The Morgan fingerprint density at radius 1 is 1.45 bits per heavy atom. The van der Waals surface area contributed by atoms with Crippen LogP contribution in [0, 0.1) is 25.2 Å². The van der Waals surface area contributed by atoms with Gasteiger partial charge in [-0.15, -0.1) is 0 Å². The van der Waals surface area contributed by atoms with E-state index in [4.69, 9.17) is 11.6 Å². The van der Waals surface area contributed by atoms with Gasteiger partial charge < -0.3 is 0 Å². The highest BCUT2D eigenvalue weighted by Gasteiger charge is 2.31. The maximum atomic E-state index is 9.31. The molecule has 5 heteroatoms. The molecule has 1 fully saturated rings. The van der Waals surface area contributed by atoms with E-state index in [1.807, 2.05) is 25.5 Å². The van der Waals surface area contributed by atoms with E-state index in [9.17, 15) is 5.26 Å². The van der Waals surface area contributed by atoms with Gasteiger partial charge in [0.25, 0.3) is 0 Å². The highest BCUT2D eigenvalue weighted by molar-refractivity contribution is 6.31. The van der Waals surface area contributed by atoms with E-state index in [0.29, 0.717) is 6.04 Å². The number of hydrogen-bond donors (Lipinski definition) is 1. The highest BCUT2D eigenvalue weighted by Crippen LogP contribution is 2.25. The van der Waals surface area contributed by atoms with E-state index in [2.05, 4.69) is 16.5 Å². The van der Waals surface area contributed by atoms with Crippen molar-refractivity contribution in [2.75, 3.05) is 0 Å². The molecule has 1 saturated carbocycles. The van der Waals surface area contributed by atoms with Crippen LogP contribution in [0.5, 0.6) is 0 Å². The molecule has 110 valence electrons. The van der Waals surface area contributed by atoms with Gasteiger partial charge in [-0.25, -0.2) is 0 Å². The Bertz CT molecular complexity index is 513. The Balaban J connectivity index is 1.78. The molecule has 20 heavy (non-hydrogen) atoms. The number of hydrogen-bond acceptors (Lipinski definition) is 3. The van der Waals surface area contributed by atoms with Crippen molar-refractivity contribution in [3.63, 3.8) is 0 Å². The van der Waals surface area contributed by atoms with Crippen LogP contribution in [0.25, 0.3) is 0 Å². The van der Waals surface area contributed by atoms with E-state index >= 15 is 0 Å². The largest absolute Gasteiger partial charge is 0.297 e. The maximum absolute atomic E-state index is 9.31. The molecule has 0 saturated heterocycles. The summed E-state index contributed by atoms with van der Waals surface area (Å²) in [5.41, 5.74) is 1.54. The van der Waals surface area contributed by atoms with Crippen LogP contribution in [0.3, 0.4) is 0 Å². The van der Waals surface area contributed by atoms with Crippen LogP contribution in [0.4, 0.5) is 0 Å². The van der Waals surface area contributed by atoms with Crippen LogP contribution in [-0.4, -0.2) is 21.4 Å². The first kappa shape index (κ1) is 15.3. The molecule has 1 aromatic heterocycles. The monoisotopic (exact) mass is 294 g/mol. The lowest BCUT2D eigenvalue weighted by molar-refractivity contribution is 0.388. The van der Waals surface area contributed by atoms with Gasteiger partial charge in [0.2, 0.25) is 0 Å². The van der Waals surface area contributed by atoms with Gasteiger partial charge in [0, 0.05) is 12.6 Å². The number of aryl methyl sites for hydroxylation is 2. The average molecular weight is 295 g/mol. The minimum atomic E-state index is -0.381. The molecule has 0 spiro atoms. The van der Waals surface area contributed by atoms with E-state index in [0.717, 1.165) is 42.2 Å². The van der Waals surface area contributed by atoms with Crippen molar-refractivity contribution in [2.45, 2.75) is 71.0 Å². The number of rotatable bonds is 7. The second-order valence-corrected chi connectivity index (χ2v) is 6.41. The van der Waals surface area contributed by atoms with Crippen LogP contribution >= 0.6 is 11.6 Å². The van der Waals surface area contributed by atoms with Crippen LogP contribution in [0.1, 0.15) is 50.4 Å². The summed E-state index contributed by atoms with van der Waals surface area (Å²) in [4.78, 5) is 0. The summed E-state index contributed by atoms with van der Waals surface area (Å²) in [6.45, 7) is 6.80. The molecule has 0 aliphatic heterocycles. The second kappa shape index (κ2) is 6.15. The summed E-state index contributed by atoms with van der Waals surface area (Å²) in [5.74, 6) is 0. The molecule has 1 atom stereocenters. The van der Waals surface area contributed by atoms with Gasteiger partial charge >= 0.3 is 0 Å². The van der Waals surface area contributed by atoms with Crippen molar-refractivity contribution in [1.82, 2.24) is 15.1 Å². The van der Waals surface area contributed by atoms with Crippen LogP contribution in [-0.2, 0) is 6.54 Å². The summed E-state index contributed by atoms with van der Waals surface area (Å²) < 4.78 is 1.97. The lowest BCUT2D eigenvalue weighted by Crippen LogP contribution is -2.42. The topological polar surface area (TPSA) is 53.6 Å². The molecule has 2 rings (SSSR count). The third-order valence-electron chi connectivity index (χ3n) is 3.94. The smallest absolute Gasteiger partial charge is 0.104 e. The fraction of sp³-hybridized carbons (Fsp3) is 0.733. The van der Waals surface area contributed by atoms with Gasteiger partial charge in [-0.05, 0) is 52.9 Å². The maximum Gasteiger partial charge on any atom is 0.104 e. The normalized spacial score (nSPS) is 17.8. The van der Waals surface area contributed by atoms with Crippen molar-refractivity contribution in [3.8, 4) is 6.07 Å². The van der Waals surface area contributed by atoms with Crippen LogP contribution < -0.4 is 5.32 Å². The predicted octanol–water partition coefficient (Wildman–Crippen LogP) is 3.36. The molecular formula is C15H23ClN4. The molecule has 0 aromatic carbocycles. The Morgan fingerprint density at radius 3 is 2.65 bits per heavy atom. The van der Waals surface area contributed by atoms with Gasteiger partial charge in [0.1, 0.15) is 5.54 Å². The minimum absolute atomic E-state index is 0.381. The van der Waals surface area contributed by atoms with Gasteiger partial charge in [-0.2, -0.15) is 10.4 Å². The zero-order valence-electron chi connectivity index (χ0n) is 12.5. The van der Waals surface area contributed by atoms with Crippen molar-refractivity contribution >= 4 is 11.6 Å². The van der Waals surface area contributed by atoms with Crippen LogP contribution in [0.2, 0.25) is 5.02 Å². The summed E-state index contributed by atoms with van der Waals surface area (Å²) >= 11 is 6.13. The summed E-state index contributed by atoms with van der Waals surface area (Å²) in [5, 5.41) is 17.9. The first-order chi connectivity index (χ1) is 9.45. The SMILES string of the molecule is Cc1nn(CCCCC(C)(C#N)NC2CC2)c(C)c1Cl. The van der Waals surface area contributed by atoms with Gasteiger partial charge in [0.15, 0.2) is 0 Å². The third kappa shape index (κ3) is 3.74. The molecule has 1 aliphatic carbocycles. The molecule has 0 amide bonds. The number of halogens is 1. The molecule has 1 aromatic rings.